The molecule has 0 fully saturated rings. The lowest BCUT2D eigenvalue weighted by Gasteiger charge is -2.21. The van der Waals surface area contributed by atoms with Crippen LogP contribution in [0.1, 0.15) is 55.5 Å². The number of Topliss-reactive ketones (excluding diaryl/α,β-unsaturated/α-hetero) is 1. The van der Waals surface area contributed by atoms with Crippen molar-refractivity contribution in [1.82, 2.24) is 0 Å². The summed E-state index contributed by atoms with van der Waals surface area (Å²) in [5.74, 6) is -1.06. The zero-order chi connectivity index (χ0) is 20.5. The molecule has 0 saturated heterocycles. The smallest absolute Gasteiger partial charge is 0.314 e. The van der Waals surface area contributed by atoms with Crippen LogP contribution < -0.4 is 5.32 Å². The fourth-order valence-electron chi connectivity index (χ4n) is 2.89. The Bertz CT molecular complexity index is 799. The van der Waals surface area contributed by atoms with Gasteiger partial charge in [-0.1, -0.05) is 57.5 Å². The molecule has 2 aromatic rings. The molecule has 0 aliphatic heterocycles. The molecule has 0 aliphatic rings. The standard InChI is InChI=1S/C23H27NO4/c1-4-16(3)22(18-9-7-6-8-10-18)23(27)28-15-20(25)17-11-13-19(14-12-17)24-21(26)5-2/h6-14,16,22H,4-5,15H2,1-3H3,(H,24,26)/t16-,22-/m0/s1. The second kappa shape index (κ2) is 10.4. The molecule has 0 radical (unpaired) electrons. The Balaban J connectivity index is 2.00. The Hall–Kier alpha value is -2.95. The van der Waals surface area contributed by atoms with Gasteiger partial charge < -0.3 is 10.1 Å². The summed E-state index contributed by atoms with van der Waals surface area (Å²) in [5, 5.41) is 2.72. The van der Waals surface area contributed by atoms with E-state index in [1.165, 1.54) is 0 Å². The number of benzene rings is 2. The molecular weight excluding hydrogens is 354 g/mol. The molecule has 0 spiro atoms. The van der Waals surface area contributed by atoms with Crippen LogP contribution in [0.15, 0.2) is 54.6 Å². The van der Waals surface area contributed by atoms with E-state index in [1.807, 2.05) is 44.2 Å². The van der Waals surface area contributed by atoms with Gasteiger partial charge in [-0.3, -0.25) is 14.4 Å². The molecule has 148 valence electrons. The predicted octanol–water partition coefficient (Wildman–Crippen LogP) is 4.59. The van der Waals surface area contributed by atoms with Crippen LogP contribution in [0.3, 0.4) is 0 Å². The number of ether oxygens (including phenoxy) is 1. The van der Waals surface area contributed by atoms with Crippen LogP contribution in [0, 0.1) is 5.92 Å². The van der Waals surface area contributed by atoms with E-state index in [0.29, 0.717) is 17.7 Å². The molecule has 0 saturated carbocycles. The van der Waals surface area contributed by atoms with Crippen molar-refractivity contribution < 1.29 is 19.1 Å². The molecule has 28 heavy (non-hydrogen) atoms. The Morgan fingerprint density at radius 1 is 0.964 bits per heavy atom. The Labute approximate surface area is 166 Å². The van der Waals surface area contributed by atoms with Crippen molar-refractivity contribution in [2.45, 2.75) is 39.5 Å². The molecule has 2 atom stereocenters. The summed E-state index contributed by atoms with van der Waals surface area (Å²) in [5.41, 5.74) is 1.95. The molecule has 2 aromatic carbocycles. The minimum Gasteiger partial charge on any atom is -0.457 e. The number of carbonyl (C=O) groups is 3. The summed E-state index contributed by atoms with van der Waals surface area (Å²) < 4.78 is 5.35. The molecule has 5 heteroatoms. The number of hydrogen-bond acceptors (Lipinski definition) is 4. The summed E-state index contributed by atoms with van der Waals surface area (Å²) in [4.78, 5) is 36.4. The van der Waals surface area contributed by atoms with Gasteiger partial charge in [0.15, 0.2) is 12.4 Å². The van der Waals surface area contributed by atoms with E-state index in [0.717, 1.165) is 12.0 Å². The highest BCUT2D eigenvalue weighted by Crippen LogP contribution is 2.28. The SMILES string of the molecule is CCC(=O)Nc1ccc(C(=O)COC(=O)[C@H](c2ccccc2)[C@@H](C)CC)cc1. The van der Waals surface area contributed by atoms with Gasteiger partial charge in [0, 0.05) is 17.7 Å². The maximum Gasteiger partial charge on any atom is 0.314 e. The number of hydrogen-bond donors (Lipinski definition) is 1. The number of carbonyl (C=O) groups excluding carboxylic acids is 3. The van der Waals surface area contributed by atoms with Gasteiger partial charge >= 0.3 is 5.97 Å². The maximum atomic E-state index is 12.7. The monoisotopic (exact) mass is 381 g/mol. The largest absolute Gasteiger partial charge is 0.457 e. The molecule has 5 nitrogen and oxygen atoms in total. The Morgan fingerprint density at radius 2 is 1.61 bits per heavy atom. The van der Waals surface area contributed by atoms with Crippen molar-refractivity contribution in [1.29, 1.82) is 0 Å². The first-order chi connectivity index (χ1) is 13.5. The minimum absolute atomic E-state index is 0.0926. The fourth-order valence-corrected chi connectivity index (χ4v) is 2.89. The van der Waals surface area contributed by atoms with Crippen molar-refractivity contribution in [3.8, 4) is 0 Å². The van der Waals surface area contributed by atoms with Crippen molar-refractivity contribution in [3.63, 3.8) is 0 Å². The van der Waals surface area contributed by atoms with Crippen LogP contribution in [0.25, 0.3) is 0 Å². The number of ketones is 1. The normalized spacial score (nSPS) is 12.7. The quantitative estimate of drug-likeness (QED) is 0.509. The van der Waals surface area contributed by atoms with Crippen LogP contribution >= 0.6 is 0 Å². The third-order valence-corrected chi connectivity index (χ3v) is 4.78. The molecule has 1 amide bonds. The molecule has 2 rings (SSSR count). The Kier molecular flexibility index (Phi) is 7.93. The fraction of sp³-hybridized carbons (Fsp3) is 0.348. The van der Waals surface area contributed by atoms with Gasteiger partial charge in [0.25, 0.3) is 0 Å². The molecular formula is C23H27NO4. The lowest BCUT2D eigenvalue weighted by Crippen LogP contribution is -2.24. The van der Waals surface area contributed by atoms with Crippen LogP contribution in [-0.4, -0.2) is 24.3 Å². The van der Waals surface area contributed by atoms with Crippen molar-refractivity contribution in [2.24, 2.45) is 5.92 Å². The molecule has 0 heterocycles. The number of anilines is 1. The molecule has 0 aromatic heterocycles. The van der Waals surface area contributed by atoms with E-state index >= 15 is 0 Å². The summed E-state index contributed by atoms with van der Waals surface area (Å²) in [6.07, 6.45) is 1.21. The average molecular weight is 381 g/mol. The number of amides is 1. The van der Waals surface area contributed by atoms with Gasteiger partial charge in [0.1, 0.15) is 0 Å². The highest BCUT2D eigenvalue weighted by atomic mass is 16.5. The summed E-state index contributed by atoms with van der Waals surface area (Å²) in [6.45, 7) is 5.49. The first-order valence-corrected chi connectivity index (χ1v) is 9.60. The first kappa shape index (κ1) is 21.4. The highest BCUT2D eigenvalue weighted by molar-refractivity contribution is 5.99. The van der Waals surface area contributed by atoms with Crippen molar-refractivity contribution in [3.05, 3.63) is 65.7 Å². The number of nitrogens with one attached hydrogen (secondary N) is 1. The second-order valence-corrected chi connectivity index (χ2v) is 6.78. The van der Waals surface area contributed by atoms with Gasteiger partial charge in [-0.05, 0) is 35.7 Å². The summed E-state index contributed by atoms with van der Waals surface area (Å²) >= 11 is 0. The van der Waals surface area contributed by atoms with E-state index in [1.54, 1.807) is 31.2 Å². The highest BCUT2D eigenvalue weighted by Gasteiger charge is 2.27. The average Bonchev–Trinajstić information content (AvgIpc) is 2.73. The van der Waals surface area contributed by atoms with Crippen LogP contribution in [-0.2, 0) is 14.3 Å². The molecule has 0 unspecified atom stereocenters. The van der Waals surface area contributed by atoms with E-state index < -0.39 is 5.92 Å². The molecule has 1 N–H and O–H groups in total. The lowest BCUT2D eigenvalue weighted by atomic mass is 9.85. The number of rotatable bonds is 9. The topological polar surface area (TPSA) is 72.5 Å². The van der Waals surface area contributed by atoms with Crippen LogP contribution in [0.4, 0.5) is 5.69 Å². The minimum atomic E-state index is -0.398. The van der Waals surface area contributed by atoms with Crippen molar-refractivity contribution >= 4 is 23.3 Å². The summed E-state index contributed by atoms with van der Waals surface area (Å²) in [6, 6.07) is 16.0. The van der Waals surface area contributed by atoms with Crippen LogP contribution in [0.5, 0.6) is 0 Å². The first-order valence-electron chi connectivity index (χ1n) is 9.60. The van der Waals surface area contributed by atoms with Crippen LogP contribution in [0.2, 0.25) is 0 Å². The predicted molar refractivity (Wildman–Crippen MR) is 109 cm³/mol. The summed E-state index contributed by atoms with van der Waals surface area (Å²) in [7, 11) is 0. The number of esters is 1. The zero-order valence-corrected chi connectivity index (χ0v) is 16.6. The third kappa shape index (κ3) is 5.78. The van der Waals surface area contributed by atoms with Gasteiger partial charge in [0.2, 0.25) is 5.91 Å². The molecule has 0 bridgehead atoms. The van der Waals surface area contributed by atoms with Gasteiger partial charge in [-0.25, -0.2) is 0 Å². The lowest BCUT2D eigenvalue weighted by molar-refractivity contribution is -0.145. The van der Waals surface area contributed by atoms with Gasteiger partial charge in [-0.2, -0.15) is 0 Å². The van der Waals surface area contributed by atoms with E-state index in [2.05, 4.69) is 5.32 Å². The maximum absolute atomic E-state index is 12.7. The van der Waals surface area contributed by atoms with Gasteiger partial charge in [0.05, 0.1) is 5.92 Å². The van der Waals surface area contributed by atoms with E-state index in [9.17, 15) is 14.4 Å². The van der Waals surface area contributed by atoms with E-state index in [4.69, 9.17) is 4.74 Å². The third-order valence-electron chi connectivity index (χ3n) is 4.78. The second-order valence-electron chi connectivity index (χ2n) is 6.78. The zero-order valence-electron chi connectivity index (χ0n) is 16.6. The van der Waals surface area contributed by atoms with Crippen molar-refractivity contribution in [2.75, 3.05) is 11.9 Å². The van der Waals surface area contributed by atoms with Gasteiger partial charge in [-0.15, -0.1) is 0 Å². The van der Waals surface area contributed by atoms with E-state index in [-0.39, 0.29) is 30.2 Å². The Morgan fingerprint density at radius 3 is 2.18 bits per heavy atom. The molecule has 0 aliphatic carbocycles.